The van der Waals surface area contributed by atoms with Crippen molar-refractivity contribution in [3.8, 4) is 0 Å². The molecule has 0 amide bonds. The highest BCUT2D eigenvalue weighted by atomic mass is 19.4. The molecule has 0 aromatic heterocycles. The molecule has 1 aliphatic carbocycles. The molecule has 1 fully saturated rings. The summed E-state index contributed by atoms with van der Waals surface area (Å²) in [5, 5.41) is 0. The van der Waals surface area contributed by atoms with E-state index in [1.165, 1.54) is 20.8 Å². The van der Waals surface area contributed by atoms with Crippen LogP contribution in [0.5, 0.6) is 0 Å². The molecule has 3 atom stereocenters. The van der Waals surface area contributed by atoms with Gasteiger partial charge in [-0.15, -0.1) is 0 Å². The van der Waals surface area contributed by atoms with E-state index in [0.717, 1.165) is 0 Å². The highest BCUT2D eigenvalue weighted by Crippen LogP contribution is 2.55. The summed E-state index contributed by atoms with van der Waals surface area (Å²) in [6.07, 6.45) is -35.8. The Morgan fingerprint density at radius 1 is 0.829 bits per heavy atom. The molecule has 5 nitrogen and oxygen atoms in total. The van der Waals surface area contributed by atoms with Crippen LogP contribution in [0.2, 0.25) is 0 Å². The molecule has 0 radical (unpaired) electrons. The average Bonchev–Trinajstić information content (AvgIpc) is 2.61. The number of alkyl halides is 12. The number of carbonyl (C=O) groups excluding carboxylic acids is 2. The monoisotopic (exact) mass is 544 g/mol. The fourth-order valence-electron chi connectivity index (χ4n) is 3.75. The zero-order chi connectivity index (χ0) is 27.8. The van der Waals surface area contributed by atoms with Gasteiger partial charge >= 0.3 is 36.6 Å². The number of hydrogen-bond acceptors (Lipinski definition) is 5. The molecule has 3 unspecified atom stereocenters. The van der Waals surface area contributed by atoms with Crippen molar-refractivity contribution in [2.75, 3.05) is 6.61 Å². The molecule has 0 saturated heterocycles. The van der Waals surface area contributed by atoms with Crippen LogP contribution in [0.3, 0.4) is 0 Å². The first-order valence-corrected chi connectivity index (χ1v) is 9.73. The second kappa shape index (κ2) is 10.2. The van der Waals surface area contributed by atoms with Crippen molar-refractivity contribution in [3.63, 3.8) is 0 Å². The second-order valence-corrected chi connectivity index (χ2v) is 8.39. The van der Waals surface area contributed by atoms with E-state index in [9.17, 15) is 62.3 Å². The van der Waals surface area contributed by atoms with Crippen LogP contribution < -0.4 is 0 Å². The van der Waals surface area contributed by atoms with Crippen LogP contribution in [0.4, 0.5) is 52.7 Å². The van der Waals surface area contributed by atoms with E-state index in [1.807, 2.05) is 0 Å². The third-order valence-electron chi connectivity index (χ3n) is 5.21. The SMILES string of the molecule is CC(C)CC1(C(=O)OCC(=O)OC(C(F)(F)F)C(F)(F)F)C(C)CC1OC(C(F)(F)F)C(F)(F)F. The van der Waals surface area contributed by atoms with Crippen LogP contribution in [0.25, 0.3) is 0 Å². The Balaban J connectivity index is 3.11. The Kier molecular flexibility index (Phi) is 9.06. The second-order valence-electron chi connectivity index (χ2n) is 8.39. The van der Waals surface area contributed by atoms with Gasteiger partial charge in [-0.05, 0) is 24.7 Å². The normalized spacial score (nSPS) is 24.1. The fraction of sp³-hybridized carbons (Fsp3) is 0.889. The lowest BCUT2D eigenvalue weighted by atomic mass is 9.55. The Hall–Kier alpha value is -1.94. The molecule has 1 saturated carbocycles. The number of halogens is 12. The number of carbonyl (C=O) groups is 2. The maximum atomic E-state index is 12.9. The Bertz CT molecular complexity index is 727. The standard InChI is InChI=1S/C18H20F12O5/c1-7(2)5-14(8(3)4-9(14)34-11(15(19,20)21)16(22,23)24)13(32)33-6-10(31)35-12(17(25,26)27)18(28,29)30/h7-9,11-12H,4-6H2,1-3H3. The van der Waals surface area contributed by atoms with Gasteiger partial charge in [0.05, 0.1) is 11.5 Å². The highest BCUT2D eigenvalue weighted by Gasteiger charge is 2.66. The molecule has 0 aromatic rings. The molecule has 1 aliphatic rings. The van der Waals surface area contributed by atoms with Crippen molar-refractivity contribution >= 4 is 11.9 Å². The van der Waals surface area contributed by atoms with Crippen LogP contribution in [-0.2, 0) is 23.8 Å². The molecule has 206 valence electrons. The molecular weight excluding hydrogens is 524 g/mol. The van der Waals surface area contributed by atoms with Crippen LogP contribution >= 0.6 is 0 Å². The predicted octanol–water partition coefficient (Wildman–Crippen LogP) is 5.52. The van der Waals surface area contributed by atoms with Gasteiger partial charge in [0.2, 0.25) is 6.10 Å². The molecule has 0 aromatic carbocycles. The molecule has 35 heavy (non-hydrogen) atoms. The first-order chi connectivity index (χ1) is 15.4. The van der Waals surface area contributed by atoms with Gasteiger partial charge in [0.15, 0.2) is 6.61 Å². The average molecular weight is 544 g/mol. The molecule has 1 rings (SSSR count). The maximum absolute atomic E-state index is 12.9. The number of ether oxygens (including phenoxy) is 3. The summed E-state index contributed by atoms with van der Waals surface area (Å²) in [4.78, 5) is 24.1. The summed E-state index contributed by atoms with van der Waals surface area (Å²) in [6, 6.07) is 0. The van der Waals surface area contributed by atoms with E-state index >= 15 is 0 Å². The molecule has 17 heteroatoms. The zero-order valence-electron chi connectivity index (χ0n) is 18.1. The van der Waals surface area contributed by atoms with Gasteiger partial charge in [0.25, 0.3) is 6.10 Å². The van der Waals surface area contributed by atoms with E-state index in [1.54, 1.807) is 0 Å². The summed E-state index contributed by atoms with van der Waals surface area (Å²) >= 11 is 0. The van der Waals surface area contributed by atoms with E-state index < -0.39 is 91.7 Å². The van der Waals surface area contributed by atoms with Gasteiger partial charge < -0.3 is 14.2 Å². The zero-order valence-corrected chi connectivity index (χ0v) is 18.1. The summed E-state index contributed by atoms with van der Waals surface area (Å²) in [5.41, 5.74) is -2.20. The maximum Gasteiger partial charge on any atom is 0.434 e. The van der Waals surface area contributed by atoms with Crippen molar-refractivity contribution < 1.29 is 76.5 Å². The lowest BCUT2D eigenvalue weighted by Gasteiger charge is -2.53. The minimum absolute atomic E-state index is 0.428. The van der Waals surface area contributed by atoms with E-state index in [4.69, 9.17) is 0 Å². The summed E-state index contributed by atoms with van der Waals surface area (Å²) < 4.78 is 164. The van der Waals surface area contributed by atoms with E-state index in [2.05, 4.69) is 14.2 Å². The van der Waals surface area contributed by atoms with Crippen molar-refractivity contribution in [2.45, 2.75) is 76.6 Å². The lowest BCUT2D eigenvalue weighted by molar-refractivity contribution is -0.350. The number of rotatable bonds is 8. The quantitative estimate of drug-likeness (QED) is 0.298. The van der Waals surface area contributed by atoms with Crippen LogP contribution in [0.15, 0.2) is 0 Å². The van der Waals surface area contributed by atoms with Crippen LogP contribution in [-0.4, -0.2) is 61.6 Å². The van der Waals surface area contributed by atoms with E-state index in [0.29, 0.717) is 0 Å². The number of hydrogen-bond donors (Lipinski definition) is 0. The minimum Gasteiger partial charge on any atom is -0.453 e. The van der Waals surface area contributed by atoms with E-state index in [-0.39, 0.29) is 0 Å². The summed E-state index contributed by atoms with van der Waals surface area (Å²) in [5.74, 6) is -5.48. The van der Waals surface area contributed by atoms with Crippen molar-refractivity contribution in [1.82, 2.24) is 0 Å². The third-order valence-corrected chi connectivity index (χ3v) is 5.21. The van der Waals surface area contributed by atoms with Gasteiger partial charge in [0, 0.05) is 0 Å². The molecular formula is C18H20F12O5. The molecule has 0 heterocycles. The Morgan fingerprint density at radius 3 is 1.60 bits per heavy atom. The first-order valence-electron chi connectivity index (χ1n) is 9.73. The van der Waals surface area contributed by atoms with Gasteiger partial charge in [-0.2, -0.15) is 52.7 Å². The summed E-state index contributed by atoms with van der Waals surface area (Å²) in [6.45, 7) is 2.27. The molecule has 0 bridgehead atoms. The molecule has 0 spiro atoms. The van der Waals surface area contributed by atoms with Gasteiger partial charge in [-0.3, -0.25) is 4.79 Å². The topological polar surface area (TPSA) is 61.8 Å². The van der Waals surface area contributed by atoms with Gasteiger partial charge in [-0.1, -0.05) is 20.8 Å². The predicted molar refractivity (Wildman–Crippen MR) is 89.4 cm³/mol. The van der Waals surface area contributed by atoms with Crippen LogP contribution in [0.1, 0.15) is 33.6 Å². The molecule has 0 aliphatic heterocycles. The van der Waals surface area contributed by atoms with Crippen molar-refractivity contribution in [2.24, 2.45) is 17.3 Å². The largest absolute Gasteiger partial charge is 0.453 e. The van der Waals surface area contributed by atoms with Crippen molar-refractivity contribution in [3.05, 3.63) is 0 Å². The Labute approximate surface area is 190 Å². The van der Waals surface area contributed by atoms with Crippen LogP contribution in [0, 0.1) is 17.3 Å². The Morgan fingerprint density at radius 2 is 1.26 bits per heavy atom. The van der Waals surface area contributed by atoms with Crippen molar-refractivity contribution in [1.29, 1.82) is 0 Å². The lowest BCUT2D eigenvalue weighted by Crippen LogP contribution is -2.62. The number of esters is 2. The first kappa shape index (κ1) is 31.1. The third kappa shape index (κ3) is 7.52. The smallest absolute Gasteiger partial charge is 0.434 e. The molecule has 0 N–H and O–H groups in total. The fourth-order valence-corrected chi connectivity index (χ4v) is 3.75. The van der Waals surface area contributed by atoms with Gasteiger partial charge in [0.1, 0.15) is 0 Å². The minimum atomic E-state index is -6.07. The highest BCUT2D eigenvalue weighted by molar-refractivity contribution is 5.82. The van der Waals surface area contributed by atoms with Gasteiger partial charge in [-0.25, -0.2) is 4.79 Å². The summed E-state index contributed by atoms with van der Waals surface area (Å²) in [7, 11) is 0.